The van der Waals surface area contributed by atoms with Crippen LogP contribution in [0.1, 0.15) is 37.4 Å². The summed E-state index contributed by atoms with van der Waals surface area (Å²) in [5, 5.41) is 20.2. The molecular weight excluding hydrogens is 308 g/mol. The van der Waals surface area contributed by atoms with E-state index < -0.39 is 11.6 Å². The maximum absolute atomic E-state index is 12.7. The highest BCUT2D eigenvalue weighted by Gasteiger charge is 2.37. The molecule has 0 amide bonds. The van der Waals surface area contributed by atoms with Crippen molar-refractivity contribution in [1.82, 2.24) is 0 Å². The molecule has 1 aliphatic rings. The van der Waals surface area contributed by atoms with E-state index in [9.17, 15) is 19.8 Å². The number of hydrogen-bond donors (Lipinski definition) is 2. The van der Waals surface area contributed by atoms with Gasteiger partial charge in [0, 0.05) is 11.6 Å². The zero-order valence-electron chi connectivity index (χ0n) is 11.7. The fourth-order valence-corrected chi connectivity index (χ4v) is 2.85. The van der Waals surface area contributed by atoms with E-state index in [0.717, 1.165) is 0 Å². The molecule has 0 spiro atoms. The Labute approximate surface area is 130 Å². The van der Waals surface area contributed by atoms with Gasteiger partial charge in [0.25, 0.3) is 0 Å². The second-order valence-electron chi connectivity index (χ2n) is 5.00. The van der Waals surface area contributed by atoms with Crippen molar-refractivity contribution >= 4 is 23.2 Å². The molecule has 22 heavy (non-hydrogen) atoms. The molecule has 0 bridgehead atoms. The molecule has 0 aliphatic heterocycles. The molecule has 5 nitrogen and oxygen atoms in total. The lowest BCUT2D eigenvalue weighted by molar-refractivity contribution is 0.0974. The van der Waals surface area contributed by atoms with Gasteiger partial charge in [0.1, 0.15) is 17.2 Å². The Balaban J connectivity index is 2.40. The first-order valence-corrected chi connectivity index (χ1v) is 6.77. The minimum Gasteiger partial charge on any atom is -0.507 e. The Hall–Kier alpha value is -2.53. The number of carbonyl (C=O) groups is 2. The molecular formula is C16H11ClO5. The molecule has 0 aromatic heterocycles. The number of methoxy groups -OCH3 is 1. The number of ether oxygens (including phenoxy) is 1. The van der Waals surface area contributed by atoms with Gasteiger partial charge in [-0.15, -0.1) is 0 Å². The average molecular weight is 319 g/mol. The Morgan fingerprint density at radius 3 is 2.23 bits per heavy atom. The average Bonchev–Trinajstić information content (AvgIpc) is 2.47. The van der Waals surface area contributed by atoms with Gasteiger partial charge in [-0.3, -0.25) is 9.59 Å². The second kappa shape index (κ2) is 4.74. The molecule has 0 radical (unpaired) electrons. The third kappa shape index (κ3) is 1.79. The number of aromatic hydroxyl groups is 2. The van der Waals surface area contributed by atoms with Crippen molar-refractivity contribution in [3.8, 4) is 17.2 Å². The van der Waals surface area contributed by atoms with Crippen LogP contribution in [0, 0.1) is 6.92 Å². The lowest BCUT2D eigenvalue weighted by Gasteiger charge is -2.21. The van der Waals surface area contributed by atoms with E-state index >= 15 is 0 Å². The van der Waals surface area contributed by atoms with Gasteiger partial charge < -0.3 is 14.9 Å². The predicted molar refractivity (Wildman–Crippen MR) is 79.4 cm³/mol. The van der Waals surface area contributed by atoms with Crippen LogP contribution < -0.4 is 4.74 Å². The predicted octanol–water partition coefficient (Wildman–Crippen LogP) is 2.84. The topological polar surface area (TPSA) is 83.8 Å². The minimum atomic E-state index is -0.649. The van der Waals surface area contributed by atoms with Gasteiger partial charge in [-0.1, -0.05) is 11.6 Å². The Morgan fingerprint density at radius 2 is 1.59 bits per heavy atom. The normalized spacial score (nSPS) is 12.9. The van der Waals surface area contributed by atoms with Crippen molar-refractivity contribution in [1.29, 1.82) is 0 Å². The number of fused-ring (bicyclic) bond motifs is 2. The third-order valence-corrected chi connectivity index (χ3v) is 4.16. The highest BCUT2D eigenvalue weighted by atomic mass is 35.5. The second-order valence-corrected chi connectivity index (χ2v) is 5.38. The Morgan fingerprint density at radius 1 is 0.955 bits per heavy atom. The fraction of sp³-hybridized carbons (Fsp3) is 0.125. The maximum atomic E-state index is 12.7. The summed E-state index contributed by atoms with van der Waals surface area (Å²) < 4.78 is 5.00. The van der Waals surface area contributed by atoms with E-state index in [0.29, 0.717) is 5.56 Å². The van der Waals surface area contributed by atoms with E-state index in [1.165, 1.54) is 25.3 Å². The molecule has 2 N–H and O–H groups in total. The maximum Gasteiger partial charge on any atom is 0.202 e. The fourth-order valence-electron chi connectivity index (χ4n) is 2.61. The zero-order chi connectivity index (χ0) is 16.2. The molecule has 0 heterocycles. The number of phenols is 2. The molecule has 2 aromatic rings. The van der Waals surface area contributed by atoms with Crippen molar-refractivity contribution in [2.75, 3.05) is 7.11 Å². The standard InChI is InChI=1S/C16H11ClO5/c1-6-3-9(18)12-13(14(6)17)15(20)8-4-7(22-2)5-10(19)11(8)16(12)21/h3-5,18-19H,1-2H3. The molecule has 0 unspecified atom stereocenters. The summed E-state index contributed by atoms with van der Waals surface area (Å²) in [6.07, 6.45) is 0. The molecule has 2 aromatic carbocycles. The quantitative estimate of drug-likeness (QED) is 0.720. The van der Waals surface area contributed by atoms with E-state index in [1.807, 2.05) is 0 Å². The third-order valence-electron chi connectivity index (χ3n) is 3.68. The zero-order valence-corrected chi connectivity index (χ0v) is 12.5. The molecule has 0 saturated carbocycles. The number of carbonyl (C=O) groups excluding carboxylic acids is 2. The van der Waals surface area contributed by atoms with Crippen LogP contribution in [0.3, 0.4) is 0 Å². The lowest BCUT2D eigenvalue weighted by Crippen LogP contribution is -2.22. The van der Waals surface area contributed by atoms with Crippen LogP contribution in [0.15, 0.2) is 18.2 Å². The van der Waals surface area contributed by atoms with Crippen LogP contribution in [0.4, 0.5) is 0 Å². The highest BCUT2D eigenvalue weighted by molar-refractivity contribution is 6.40. The summed E-state index contributed by atoms with van der Waals surface area (Å²) in [4.78, 5) is 25.3. The van der Waals surface area contributed by atoms with Crippen molar-refractivity contribution in [3.63, 3.8) is 0 Å². The van der Waals surface area contributed by atoms with Crippen LogP contribution in [0.2, 0.25) is 5.02 Å². The molecule has 1 aliphatic carbocycles. The molecule has 0 saturated heterocycles. The van der Waals surface area contributed by atoms with E-state index in [2.05, 4.69) is 0 Å². The van der Waals surface area contributed by atoms with E-state index in [1.54, 1.807) is 6.92 Å². The summed E-state index contributed by atoms with van der Waals surface area (Å²) in [6.45, 7) is 1.62. The van der Waals surface area contributed by atoms with Crippen LogP contribution in [0.25, 0.3) is 0 Å². The van der Waals surface area contributed by atoms with Gasteiger partial charge in [0.2, 0.25) is 5.78 Å². The van der Waals surface area contributed by atoms with Gasteiger partial charge >= 0.3 is 0 Å². The summed E-state index contributed by atoms with van der Waals surface area (Å²) >= 11 is 6.15. The molecule has 0 fully saturated rings. The number of hydrogen-bond acceptors (Lipinski definition) is 5. The van der Waals surface area contributed by atoms with Crippen LogP contribution in [-0.2, 0) is 0 Å². The number of rotatable bonds is 1. The van der Waals surface area contributed by atoms with Gasteiger partial charge in [-0.2, -0.15) is 0 Å². The van der Waals surface area contributed by atoms with Crippen molar-refractivity contribution in [2.24, 2.45) is 0 Å². The number of ketones is 2. The Bertz CT molecular complexity index is 854. The van der Waals surface area contributed by atoms with Gasteiger partial charge in [0.15, 0.2) is 5.78 Å². The van der Waals surface area contributed by atoms with Gasteiger partial charge in [-0.05, 0) is 24.6 Å². The largest absolute Gasteiger partial charge is 0.507 e. The summed E-state index contributed by atoms with van der Waals surface area (Å²) in [7, 11) is 1.38. The number of benzene rings is 2. The van der Waals surface area contributed by atoms with Crippen molar-refractivity contribution in [3.05, 3.63) is 51.0 Å². The van der Waals surface area contributed by atoms with E-state index in [-0.39, 0.29) is 44.5 Å². The van der Waals surface area contributed by atoms with Crippen LogP contribution in [-0.4, -0.2) is 28.9 Å². The monoisotopic (exact) mass is 318 g/mol. The van der Waals surface area contributed by atoms with Crippen molar-refractivity contribution in [2.45, 2.75) is 6.92 Å². The number of halogens is 1. The molecule has 6 heteroatoms. The first-order chi connectivity index (χ1) is 10.4. The van der Waals surface area contributed by atoms with E-state index in [4.69, 9.17) is 16.3 Å². The first-order valence-electron chi connectivity index (χ1n) is 6.39. The minimum absolute atomic E-state index is 0.00116. The lowest BCUT2D eigenvalue weighted by atomic mass is 9.82. The van der Waals surface area contributed by atoms with Gasteiger partial charge in [-0.25, -0.2) is 0 Å². The molecule has 3 rings (SSSR count). The SMILES string of the molecule is COc1cc(O)c2c(c1)C(=O)c1c(Cl)c(C)cc(O)c1C2=O. The van der Waals surface area contributed by atoms with Crippen LogP contribution >= 0.6 is 11.6 Å². The molecule has 0 atom stereocenters. The molecule has 112 valence electrons. The van der Waals surface area contributed by atoms with Crippen LogP contribution in [0.5, 0.6) is 17.2 Å². The smallest absolute Gasteiger partial charge is 0.202 e. The number of phenolic OH excluding ortho intramolecular Hbond substituents is 2. The highest BCUT2D eigenvalue weighted by Crippen LogP contribution is 2.42. The first kappa shape index (κ1) is 14.4. The summed E-state index contributed by atoms with van der Waals surface area (Å²) in [5.41, 5.74) is 0.0855. The van der Waals surface area contributed by atoms with Crippen molar-refractivity contribution < 1.29 is 24.5 Å². The van der Waals surface area contributed by atoms with Gasteiger partial charge in [0.05, 0.1) is 28.8 Å². The summed E-state index contributed by atoms with van der Waals surface area (Å²) in [5.74, 6) is -1.66. The summed E-state index contributed by atoms with van der Waals surface area (Å²) in [6, 6.07) is 3.92. The number of aryl methyl sites for hydroxylation is 1. The Kier molecular flexibility index (Phi) is 3.11.